The lowest BCUT2D eigenvalue weighted by atomic mass is 10.1. The fraction of sp³-hybridized carbons (Fsp3) is 0.500. The lowest BCUT2D eigenvalue weighted by Gasteiger charge is -2.25. The van der Waals surface area contributed by atoms with Crippen molar-refractivity contribution in [2.45, 2.75) is 45.5 Å². The standard InChI is InChI=1S/C18H24BrFN6O.HI/c1-3-21-18(22-9-12-4-5-13(19)8-15(12)20)23-14-6-7-17-24-16(11-27-2)25-26(17)10-14;/h4-5,8,14H,3,6-7,9-11H2,1-2H3,(H2,21,22,23);1H. The molecule has 0 bridgehead atoms. The van der Waals surface area contributed by atoms with E-state index in [2.05, 4.69) is 41.6 Å². The topological polar surface area (TPSA) is 76.4 Å². The molecule has 10 heteroatoms. The summed E-state index contributed by atoms with van der Waals surface area (Å²) in [6.07, 6.45) is 1.78. The van der Waals surface area contributed by atoms with Gasteiger partial charge < -0.3 is 15.4 Å². The molecule has 2 aromatic rings. The zero-order chi connectivity index (χ0) is 19.2. The van der Waals surface area contributed by atoms with Gasteiger partial charge in [0.2, 0.25) is 0 Å². The van der Waals surface area contributed by atoms with Gasteiger partial charge in [-0.3, -0.25) is 0 Å². The number of benzene rings is 1. The summed E-state index contributed by atoms with van der Waals surface area (Å²) >= 11 is 3.27. The molecule has 0 aliphatic carbocycles. The summed E-state index contributed by atoms with van der Waals surface area (Å²) in [7, 11) is 1.64. The highest BCUT2D eigenvalue weighted by Gasteiger charge is 2.22. The highest BCUT2D eigenvalue weighted by Crippen LogP contribution is 2.16. The van der Waals surface area contributed by atoms with Crippen LogP contribution in [-0.4, -0.2) is 40.4 Å². The van der Waals surface area contributed by atoms with Gasteiger partial charge >= 0.3 is 0 Å². The van der Waals surface area contributed by atoms with E-state index >= 15 is 0 Å². The SMILES string of the molecule is CCNC(=NCc1ccc(Br)cc1F)NC1CCc2nc(COC)nn2C1.I. The van der Waals surface area contributed by atoms with Crippen molar-refractivity contribution in [3.63, 3.8) is 0 Å². The normalized spacial score (nSPS) is 16.3. The van der Waals surface area contributed by atoms with Gasteiger partial charge in [-0.15, -0.1) is 24.0 Å². The van der Waals surface area contributed by atoms with Crippen LogP contribution in [-0.2, 0) is 30.9 Å². The molecule has 0 amide bonds. The number of aryl methyl sites for hydroxylation is 1. The molecule has 7 nitrogen and oxygen atoms in total. The Hall–Kier alpha value is -1.27. The highest BCUT2D eigenvalue weighted by molar-refractivity contribution is 14.0. The molecule has 1 aromatic carbocycles. The number of fused-ring (bicyclic) bond motifs is 1. The molecule has 28 heavy (non-hydrogen) atoms. The van der Waals surface area contributed by atoms with Gasteiger partial charge in [0.05, 0.1) is 13.1 Å². The van der Waals surface area contributed by atoms with Gasteiger partial charge in [-0.25, -0.2) is 19.0 Å². The molecule has 2 N–H and O–H groups in total. The first-order chi connectivity index (χ1) is 13.1. The van der Waals surface area contributed by atoms with Crippen LogP contribution in [0.4, 0.5) is 4.39 Å². The Kier molecular flexibility index (Phi) is 9.09. The Balaban J connectivity index is 0.00000280. The van der Waals surface area contributed by atoms with E-state index in [1.807, 2.05) is 17.7 Å². The van der Waals surface area contributed by atoms with E-state index in [4.69, 9.17) is 4.74 Å². The van der Waals surface area contributed by atoms with E-state index in [-0.39, 0.29) is 42.4 Å². The maximum Gasteiger partial charge on any atom is 0.191 e. The second-order valence-electron chi connectivity index (χ2n) is 6.37. The Bertz CT molecular complexity index is 815. The Labute approximate surface area is 189 Å². The third-order valence-electron chi connectivity index (χ3n) is 4.28. The first-order valence-corrected chi connectivity index (χ1v) is 9.78. The number of guanidine groups is 1. The van der Waals surface area contributed by atoms with Crippen LogP contribution in [0.2, 0.25) is 0 Å². The minimum atomic E-state index is -0.264. The second kappa shape index (κ2) is 11.1. The van der Waals surface area contributed by atoms with E-state index in [9.17, 15) is 4.39 Å². The minimum Gasteiger partial charge on any atom is -0.377 e. The average Bonchev–Trinajstić information content (AvgIpc) is 3.03. The number of nitrogens with one attached hydrogen (secondary N) is 2. The maximum absolute atomic E-state index is 14.0. The second-order valence-corrected chi connectivity index (χ2v) is 7.29. The number of halogens is 3. The van der Waals surface area contributed by atoms with Gasteiger partial charge in [-0.05, 0) is 25.5 Å². The molecule has 1 aromatic heterocycles. The van der Waals surface area contributed by atoms with Crippen LogP contribution >= 0.6 is 39.9 Å². The van der Waals surface area contributed by atoms with Crippen LogP contribution in [0.3, 0.4) is 0 Å². The van der Waals surface area contributed by atoms with Crippen molar-refractivity contribution in [2.75, 3.05) is 13.7 Å². The summed E-state index contributed by atoms with van der Waals surface area (Å²) in [6.45, 7) is 4.14. The van der Waals surface area contributed by atoms with E-state index in [1.54, 1.807) is 13.2 Å². The number of rotatable bonds is 6. The molecule has 0 saturated carbocycles. The molecule has 0 radical (unpaired) electrons. The molecule has 0 saturated heterocycles. The van der Waals surface area contributed by atoms with Crippen molar-refractivity contribution in [1.82, 2.24) is 25.4 Å². The van der Waals surface area contributed by atoms with Crippen molar-refractivity contribution in [3.8, 4) is 0 Å². The summed E-state index contributed by atoms with van der Waals surface area (Å²) in [6, 6.07) is 5.20. The monoisotopic (exact) mass is 566 g/mol. The van der Waals surface area contributed by atoms with Gasteiger partial charge in [0.15, 0.2) is 11.8 Å². The van der Waals surface area contributed by atoms with Crippen LogP contribution in [0.15, 0.2) is 27.7 Å². The summed E-state index contributed by atoms with van der Waals surface area (Å²) in [4.78, 5) is 9.02. The Morgan fingerprint density at radius 3 is 3.00 bits per heavy atom. The number of hydrogen-bond donors (Lipinski definition) is 2. The van der Waals surface area contributed by atoms with Crippen molar-refractivity contribution in [2.24, 2.45) is 4.99 Å². The van der Waals surface area contributed by atoms with E-state index in [1.165, 1.54) is 6.07 Å². The quantitative estimate of drug-likeness (QED) is 0.319. The summed E-state index contributed by atoms with van der Waals surface area (Å²) in [5.41, 5.74) is 0.557. The van der Waals surface area contributed by atoms with E-state index < -0.39 is 0 Å². The lowest BCUT2D eigenvalue weighted by molar-refractivity contribution is 0.177. The summed E-state index contributed by atoms with van der Waals surface area (Å²) in [5, 5.41) is 11.1. The smallest absolute Gasteiger partial charge is 0.191 e. The largest absolute Gasteiger partial charge is 0.377 e. The van der Waals surface area contributed by atoms with E-state index in [0.29, 0.717) is 30.5 Å². The molecule has 1 aliphatic rings. The zero-order valence-corrected chi connectivity index (χ0v) is 19.8. The number of aromatic nitrogens is 3. The van der Waals surface area contributed by atoms with Gasteiger partial charge in [-0.1, -0.05) is 22.0 Å². The van der Waals surface area contributed by atoms with Crippen LogP contribution in [0, 0.1) is 5.82 Å². The maximum atomic E-state index is 14.0. The number of ether oxygens (including phenoxy) is 1. The van der Waals surface area contributed by atoms with Crippen LogP contribution < -0.4 is 10.6 Å². The number of hydrogen-bond acceptors (Lipinski definition) is 4. The summed E-state index contributed by atoms with van der Waals surface area (Å²) in [5.74, 6) is 2.10. The first kappa shape index (κ1) is 23.0. The fourth-order valence-electron chi connectivity index (χ4n) is 3.00. The summed E-state index contributed by atoms with van der Waals surface area (Å²) < 4.78 is 21.8. The van der Waals surface area contributed by atoms with Gasteiger partial charge in [0.25, 0.3) is 0 Å². The molecule has 1 unspecified atom stereocenters. The molecule has 0 fully saturated rings. The number of aliphatic imine (C=N–C) groups is 1. The van der Waals surface area contributed by atoms with Gasteiger partial charge in [-0.2, -0.15) is 5.10 Å². The molecule has 154 valence electrons. The molecule has 3 rings (SSSR count). The molecule has 1 atom stereocenters. The van der Waals surface area contributed by atoms with Crippen molar-refractivity contribution in [3.05, 3.63) is 45.7 Å². The lowest BCUT2D eigenvalue weighted by Crippen LogP contribution is -2.47. The van der Waals surface area contributed by atoms with Gasteiger partial charge in [0, 0.05) is 36.2 Å². The minimum absolute atomic E-state index is 0. The molecule has 1 aliphatic heterocycles. The average molecular weight is 567 g/mol. The number of nitrogens with zero attached hydrogens (tertiary/aromatic N) is 4. The number of methoxy groups -OCH3 is 1. The third kappa shape index (κ3) is 6.11. The van der Waals surface area contributed by atoms with Gasteiger partial charge in [0.1, 0.15) is 18.2 Å². The fourth-order valence-corrected chi connectivity index (χ4v) is 3.33. The molecule has 2 heterocycles. The Morgan fingerprint density at radius 1 is 1.46 bits per heavy atom. The van der Waals surface area contributed by atoms with Crippen molar-refractivity contribution >= 4 is 45.9 Å². The third-order valence-corrected chi connectivity index (χ3v) is 4.78. The van der Waals surface area contributed by atoms with Crippen LogP contribution in [0.1, 0.15) is 30.6 Å². The zero-order valence-electron chi connectivity index (χ0n) is 15.9. The van der Waals surface area contributed by atoms with Crippen LogP contribution in [0.25, 0.3) is 0 Å². The van der Waals surface area contributed by atoms with Crippen molar-refractivity contribution in [1.29, 1.82) is 0 Å². The molecule has 0 spiro atoms. The molecular weight excluding hydrogens is 542 g/mol. The predicted molar refractivity (Wildman–Crippen MR) is 120 cm³/mol. The highest BCUT2D eigenvalue weighted by atomic mass is 127. The Morgan fingerprint density at radius 2 is 2.29 bits per heavy atom. The first-order valence-electron chi connectivity index (χ1n) is 8.99. The van der Waals surface area contributed by atoms with Crippen molar-refractivity contribution < 1.29 is 9.13 Å². The van der Waals surface area contributed by atoms with Crippen LogP contribution in [0.5, 0.6) is 0 Å². The molecular formula is C18H25BrFIN6O. The predicted octanol–water partition coefficient (Wildman–Crippen LogP) is 3.01. The van der Waals surface area contributed by atoms with E-state index in [0.717, 1.165) is 29.7 Å².